The normalized spacial score (nSPS) is 16.1. The Morgan fingerprint density at radius 1 is 1.36 bits per heavy atom. The molecule has 1 aromatic carbocycles. The van der Waals surface area contributed by atoms with Gasteiger partial charge in [0.2, 0.25) is 0 Å². The lowest BCUT2D eigenvalue weighted by Crippen LogP contribution is -2.45. The number of benzene rings is 1. The molecule has 0 aromatic heterocycles. The molecule has 1 atom stereocenters. The second-order valence-electron chi connectivity index (χ2n) is 5.80. The highest BCUT2D eigenvalue weighted by molar-refractivity contribution is 14.0. The standard InChI is InChI=1S/C16H25FN4.HI/c1-18-16(19-10-12-5-4-6-14(17)9-12)20-11-15(21(2)3)13-7-8-13;/h4-6,9,13,15H,7-8,10-11H2,1-3H3,(H2,18,19,20);1H. The Morgan fingerprint density at radius 2 is 2.09 bits per heavy atom. The number of guanidine groups is 1. The molecular formula is C16H26FIN4. The van der Waals surface area contributed by atoms with E-state index in [4.69, 9.17) is 0 Å². The van der Waals surface area contributed by atoms with Crippen LogP contribution in [-0.4, -0.2) is 44.6 Å². The summed E-state index contributed by atoms with van der Waals surface area (Å²) >= 11 is 0. The van der Waals surface area contributed by atoms with Crippen molar-refractivity contribution in [3.63, 3.8) is 0 Å². The molecule has 6 heteroatoms. The first-order chi connectivity index (χ1) is 10.1. The van der Waals surface area contributed by atoms with Crippen molar-refractivity contribution >= 4 is 29.9 Å². The lowest BCUT2D eigenvalue weighted by Gasteiger charge is -2.25. The van der Waals surface area contributed by atoms with Crippen molar-refractivity contribution < 1.29 is 4.39 Å². The molecular weight excluding hydrogens is 394 g/mol. The van der Waals surface area contributed by atoms with Crippen LogP contribution in [0.2, 0.25) is 0 Å². The summed E-state index contributed by atoms with van der Waals surface area (Å²) in [6, 6.07) is 7.15. The van der Waals surface area contributed by atoms with Crippen molar-refractivity contribution in [2.75, 3.05) is 27.7 Å². The molecule has 2 N–H and O–H groups in total. The summed E-state index contributed by atoms with van der Waals surface area (Å²) in [5.41, 5.74) is 0.907. The highest BCUT2D eigenvalue weighted by Gasteiger charge is 2.32. The highest BCUT2D eigenvalue weighted by atomic mass is 127. The average molecular weight is 420 g/mol. The maximum absolute atomic E-state index is 13.1. The second-order valence-corrected chi connectivity index (χ2v) is 5.80. The first-order valence-corrected chi connectivity index (χ1v) is 7.45. The van der Waals surface area contributed by atoms with E-state index in [0.717, 1.165) is 24.0 Å². The van der Waals surface area contributed by atoms with Gasteiger partial charge in [0.05, 0.1) is 0 Å². The lowest BCUT2D eigenvalue weighted by molar-refractivity contribution is 0.264. The van der Waals surface area contributed by atoms with Gasteiger partial charge in [-0.1, -0.05) is 12.1 Å². The maximum atomic E-state index is 13.1. The van der Waals surface area contributed by atoms with Gasteiger partial charge in [-0.3, -0.25) is 4.99 Å². The van der Waals surface area contributed by atoms with Crippen molar-refractivity contribution in [1.29, 1.82) is 0 Å². The molecule has 0 heterocycles. The molecule has 0 spiro atoms. The van der Waals surface area contributed by atoms with E-state index in [1.54, 1.807) is 13.1 Å². The quantitative estimate of drug-likeness (QED) is 0.422. The third kappa shape index (κ3) is 6.08. The monoisotopic (exact) mass is 420 g/mol. The Balaban J connectivity index is 0.00000242. The van der Waals surface area contributed by atoms with Crippen LogP contribution >= 0.6 is 24.0 Å². The van der Waals surface area contributed by atoms with E-state index in [9.17, 15) is 4.39 Å². The third-order valence-electron chi connectivity index (χ3n) is 3.88. The molecule has 2 rings (SSSR count). The van der Waals surface area contributed by atoms with Gasteiger partial charge in [-0.2, -0.15) is 0 Å². The zero-order chi connectivity index (χ0) is 15.2. The van der Waals surface area contributed by atoms with Crippen LogP contribution in [0.3, 0.4) is 0 Å². The Hall–Kier alpha value is -0.890. The largest absolute Gasteiger partial charge is 0.355 e. The number of nitrogens with one attached hydrogen (secondary N) is 2. The smallest absolute Gasteiger partial charge is 0.191 e. The summed E-state index contributed by atoms with van der Waals surface area (Å²) in [5.74, 6) is 1.35. The van der Waals surface area contributed by atoms with Crippen molar-refractivity contribution in [2.45, 2.75) is 25.4 Å². The molecule has 1 aromatic rings. The average Bonchev–Trinajstić information content (AvgIpc) is 3.27. The summed E-state index contributed by atoms with van der Waals surface area (Å²) < 4.78 is 13.1. The topological polar surface area (TPSA) is 39.7 Å². The van der Waals surface area contributed by atoms with Crippen molar-refractivity contribution in [2.24, 2.45) is 10.9 Å². The molecule has 124 valence electrons. The molecule has 1 unspecified atom stereocenters. The lowest BCUT2D eigenvalue weighted by atomic mass is 10.1. The minimum atomic E-state index is -0.210. The van der Waals surface area contributed by atoms with E-state index < -0.39 is 0 Å². The van der Waals surface area contributed by atoms with E-state index >= 15 is 0 Å². The Morgan fingerprint density at radius 3 is 2.64 bits per heavy atom. The fourth-order valence-corrected chi connectivity index (χ4v) is 2.51. The molecule has 0 saturated heterocycles. The summed E-state index contributed by atoms with van der Waals surface area (Å²) in [6.07, 6.45) is 2.64. The molecule has 0 aliphatic heterocycles. The zero-order valence-corrected chi connectivity index (χ0v) is 15.8. The van der Waals surface area contributed by atoms with Gasteiger partial charge in [0, 0.05) is 26.2 Å². The van der Waals surface area contributed by atoms with Crippen LogP contribution in [0.25, 0.3) is 0 Å². The Bertz CT molecular complexity index is 487. The van der Waals surface area contributed by atoms with Gasteiger partial charge < -0.3 is 15.5 Å². The van der Waals surface area contributed by atoms with Gasteiger partial charge in [0.1, 0.15) is 5.82 Å². The van der Waals surface area contributed by atoms with Crippen LogP contribution in [0, 0.1) is 11.7 Å². The van der Waals surface area contributed by atoms with Gasteiger partial charge in [0.15, 0.2) is 5.96 Å². The summed E-state index contributed by atoms with van der Waals surface area (Å²) in [4.78, 5) is 6.49. The van der Waals surface area contributed by atoms with Crippen LogP contribution in [0.1, 0.15) is 18.4 Å². The molecule has 1 fully saturated rings. The Kier molecular flexibility index (Phi) is 8.09. The maximum Gasteiger partial charge on any atom is 0.191 e. The summed E-state index contributed by atoms with van der Waals surface area (Å²) in [6.45, 7) is 1.44. The van der Waals surface area contributed by atoms with E-state index in [1.165, 1.54) is 25.0 Å². The van der Waals surface area contributed by atoms with Gasteiger partial charge >= 0.3 is 0 Å². The SMILES string of the molecule is CN=C(NCc1cccc(F)c1)NCC(C1CC1)N(C)C.I. The molecule has 1 aliphatic rings. The van der Waals surface area contributed by atoms with Crippen LogP contribution < -0.4 is 10.6 Å². The summed E-state index contributed by atoms with van der Waals surface area (Å²) in [7, 11) is 5.99. The molecule has 0 bridgehead atoms. The number of nitrogens with zero attached hydrogens (tertiary/aromatic N) is 2. The van der Waals surface area contributed by atoms with E-state index in [-0.39, 0.29) is 29.8 Å². The van der Waals surface area contributed by atoms with Gasteiger partial charge in [0.25, 0.3) is 0 Å². The minimum Gasteiger partial charge on any atom is -0.355 e. The molecule has 22 heavy (non-hydrogen) atoms. The molecule has 0 amide bonds. The van der Waals surface area contributed by atoms with Crippen molar-refractivity contribution in [1.82, 2.24) is 15.5 Å². The number of aliphatic imine (C=N–C) groups is 1. The zero-order valence-electron chi connectivity index (χ0n) is 13.5. The number of rotatable bonds is 6. The number of hydrogen-bond acceptors (Lipinski definition) is 2. The van der Waals surface area contributed by atoms with E-state index in [0.29, 0.717) is 12.6 Å². The summed E-state index contributed by atoms with van der Waals surface area (Å²) in [5, 5.41) is 6.58. The molecule has 1 saturated carbocycles. The second kappa shape index (κ2) is 9.29. The van der Waals surface area contributed by atoms with Gasteiger partial charge in [-0.25, -0.2) is 4.39 Å². The van der Waals surface area contributed by atoms with Crippen LogP contribution in [0.5, 0.6) is 0 Å². The van der Waals surface area contributed by atoms with Crippen molar-refractivity contribution in [3.8, 4) is 0 Å². The number of hydrogen-bond donors (Lipinski definition) is 2. The first-order valence-electron chi connectivity index (χ1n) is 7.45. The van der Waals surface area contributed by atoms with Crippen LogP contribution in [-0.2, 0) is 6.54 Å². The number of likely N-dealkylation sites (N-methyl/N-ethyl adjacent to an activating group) is 1. The van der Waals surface area contributed by atoms with Crippen LogP contribution in [0.4, 0.5) is 4.39 Å². The molecule has 1 aliphatic carbocycles. The van der Waals surface area contributed by atoms with Crippen LogP contribution in [0.15, 0.2) is 29.3 Å². The molecule has 4 nitrogen and oxygen atoms in total. The fourth-order valence-electron chi connectivity index (χ4n) is 2.51. The molecule has 0 radical (unpaired) electrons. The van der Waals surface area contributed by atoms with E-state index in [2.05, 4.69) is 34.6 Å². The fraction of sp³-hybridized carbons (Fsp3) is 0.562. The van der Waals surface area contributed by atoms with E-state index in [1.807, 2.05) is 6.07 Å². The predicted molar refractivity (Wildman–Crippen MR) is 100 cm³/mol. The Labute approximate surface area is 149 Å². The first kappa shape index (κ1) is 19.2. The van der Waals surface area contributed by atoms with Crippen molar-refractivity contribution in [3.05, 3.63) is 35.6 Å². The number of halogens is 2. The van der Waals surface area contributed by atoms with Gasteiger partial charge in [-0.15, -0.1) is 24.0 Å². The third-order valence-corrected chi connectivity index (χ3v) is 3.88. The predicted octanol–water partition coefficient (Wildman–Crippen LogP) is 2.45. The highest BCUT2D eigenvalue weighted by Crippen LogP contribution is 2.34. The minimum absolute atomic E-state index is 0. The van der Waals surface area contributed by atoms with Gasteiger partial charge in [-0.05, 0) is 50.6 Å².